The standard InChI is InChI=1S/C49H33N3.C44H30N2.C42H28N4/c1-4-14-34(15-5-1)35-26-28-38(29-27-35)52(37-18-8-3-9-19-37)39-30-31-42-43-22-12-24-47-49(43)45(41-21-11-10-20-40(41)44(42)32-39)33-51(47)48-25-13-23-46(50-48)36-16-6-2-7-17-36;1-4-14-31(15-5-1)32-24-26-35(27-25-32)46(34-18-8-3-9-19-34)36-28-41-39-22-12-10-20-37(39)38-21-11-13-23-40(38)42-30-45(43(29-36)44(41)42)33-16-6-2-7-17-33;1-3-11-29(12-4-1)30-19-21-32(22-20-30)46(31-13-5-2-6-14-31)33-23-24-36-37-17-9-18-40-41(37)39(28-45(40)42-43-25-10-26-44-42)35-16-8-7-15-34(35)38(36)27-33/h1-33H;1-30H;1-28H. The predicted molar refractivity (Wildman–Crippen MR) is 599 cm³/mol. The summed E-state index contributed by atoms with van der Waals surface area (Å²) in [5.41, 5.74) is 45.9. The maximum absolute atomic E-state index is 5.15. The van der Waals surface area contributed by atoms with Gasteiger partial charge in [-0.1, -0.05) is 370 Å². The smallest absolute Gasteiger partial charge is 0.234 e. The van der Waals surface area contributed by atoms with Crippen molar-refractivity contribution >= 4 is 83.9 Å². The van der Waals surface area contributed by atoms with Crippen LogP contribution in [0.5, 0.6) is 0 Å². The predicted octanol–water partition coefficient (Wildman–Crippen LogP) is 36.1. The Morgan fingerprint density at radius 1 is 0.160 bits per heavy atom. The summed E-state index contributed by atoms with van der Waals surface area (Å²) in [6.07, 6.45) is 10.4. The molecule has 0 atom stereocenters. The summed E-state index contributed by atoms with van der Waals surface area (Å²) >= 11 is 0. The van der Waals surface area contributed by atoms with Gasteiger partial charge in [-0.3, -0.25) is 4.57 Å². The van der Waals surface area contributed by atoms with E-state index in [1.54, 1.807) is 12.4 Å². The molecule has 9 nitrogen and oxygen atoms in total. The molecule has 5 aromatic heterocycles. The number of pyridine rings is 1. The summed E-state index contributed by atoms with van der Waals surface area (Å²) in [6, 6.07) is 187. The molecular formula is C135H91N9. The highest BCUT2D eigenvalue weighted by molar-refractivity contribution is 6.18. The van der Waals surface area contributed by atoms with E-state index >= 15 is 0 Å². The van der Waals surface area contributed by atoms with Gasteiger partial charge in [0, 0.05) is 126 Å². The van der Waals surface area contributed by atoms with Crippen molar-refractivity contribution in [3.63, 3.8) is 0 Å². The molecular weight excluding hydrogens is 1750 g/mol. The van der Waals surface area contributed by atoms with E-state index in [-0.39, 0.29) is 0 Å². The minimum absolute atomic E-state index is 0.668. The van der Waals surface area contributed by atoms with Crippen LogP contribution in [0.2, 0.25) is 0 Å². The second-order valence-corrected chi connectivity index (χ2v) is 36.6. The van der Waals surface area contributed by atoms with Gasteiger partial charge in [0.1, 0.15) is 5.82 Å². The molecule has 28 rings (SSSR count). The van der Waals surface area contributed by atoms with Crippen molar-refractivity contribution in [2.24, 2.45) is 0 Å². The van der Waals surface area contributed by atoms with E-state index in [4.69, 9.17) is 4.98 Å². The summed E-state index contributed by atoms with van der Waals surface area (Å²) in [7, 11) is 0. The largest absolute Gasteiger partial charge is 0.316 e. The average molecular weight is 1840 g/mol. The summed E-state index contributed by atoms with van der Waals surface area (Å²) in [5, 5.41) is 3.73. The molecule has 0 N–H and O–H groups in total. The zero-order valence-corrected chi connectivity index (χ0v) is 78.6. The second-order valence-electron chi connectivity index (χ2n) is 36.6. The number of para-hydroxylation sites is 4. The molecule has 3 aliphatic rings. The zero-order valence-electron chi connectivity index (χ0n) is 78.6. The van der Waals surface area contributed by atoms with E-state index in [0.29, 0.717) is 5.95 Å². The van der Waals surface area contributed by atoms with Crippen LogP contribution in [-0.2, 0) is 0 Å². The fourth-order valence-corrected chi connectivity index (χ4v) is 21.7. The Hall–Kier alpha value is -19.4. The fraction of sp³-hybridized carbons (Fsp3) is 0. The van der Waals surface area contributed by atoms with Crippen LogP contribution >= 0.6 is 0 Å². The van der Waals surface area contributed by atoms with Gasteiger partial charge >= 0.3 is 0 Å². The van der Waals surface area contributed by atoms with Gasteiger partial charge in [-0.25, -0.2) is 15.0 Å². The normalized spacial score (nSPS) is 11.5. The summed E-state index contributed by atoms with van der Waals surface area (Å²) in [4.78, 5) is 21.4. The lowest BCUT2D eigenvalue weighted by atomic mass is 9.93. The van der Waals surface area contributed by atoms with E-state index in [9.17, 15) is 0 Å². The number of anilines is 9. The van der Waals surface area contributed by atoms with Crippen LogP contribution < -0.4 is 14.7 Å². The van der Waals surface area contributed by atoms with Gasteiger partial charge in [-0.15, -0.1) is 0 Å². The molecule has 0 radical (unpaired) electrons. The minimum Gasteiger partial charge on any atom is -0.316 e. The zero-order chi connectivity index (χ0) is 95.3. The molecule has 0 amide bonds. The Bertz CT molecular complexity index is 9070. The van der Waals surface area contributed by atoms with E-state index in [1.807, 2.05) is 12.1 Å². The maximum Gasteiger partial charge on any atom is 0.234 e. The van der Waals surface area contributed by atoms with Crippen molar-refractivity contribution in [2.45, 2.75) is 0 Å². The molecule has 3 aliphatic carbocycles. The number of benzene rings is 20. The first-order chi connectivity index (χ1) is 71.5. The Morgan fingerprint density at radius 3 is 0.861 bits per heavy atom. The monoisotopic (exact) mass is 1840 g/mol. The summed E-state index contributed by atoms with van der Waals surface area (Å²) < 4.78 is 6.73. The van der Waals surface area contributed by atoms with E-state index in [0.717, 1.165) is 85.0 Å². The van der Waals surface area contributed by atoms with Crippen molar-refractivity contribution in [1.82, 2.24) is 28.7 Å². The summed E-state index contributed by atoms with van der Waals surface area (Å²) in [5.74, 6) is 1.57. The third kappa shape index (κ3) is 15.5. The average Bonchev–Trinajstić information content (AvgIpc) is 1.58. The third-order valence-electron chi connectivity index (χ3n) is 28.2. The van der Waals surface area contributed by atoms with E-state index < -0.39 is 0 Å². The highest BCUT2D eigenvalue weighted by Gasteiger charge is 2.32. The lowest BCUT2D eigenvalue weighted by molar-refractivity contribution is 0.962. The first kappa shape index (κ1) is 85.1. The molecule has 0 saturated carbocycles. The van der Waals surface area contributed by atoms with Gasteiger partial charge in [-0.2, -0.15) is 0 Å². The lowest BCUT2D eigenvalue weighted by Crippen LogP contribution is -2.10. The van der Waals surface area contributed by atoms with Crippen molar-refractivity contribution in [3.8, 4) is 162 Å². The quantitative estimate of drug-likeness (QED) is 0.0961. The van der Waals surface area contributed by atoms with Gasteiger partial charge in [0.05, 0.1) is 22.2 Å². The van der Waals surface area contributed by atoms with Gasteiger partial charge in [0.25, 0.3) is 0 Å². The van der Waals surface area contributed by atoms with Crippen LogP contribution in [0.25, 0.3) is 195 Å². The van der Waals surface area contributed by atoms with Crippen LogP contribution in [0.1, 0.15) is 0 Å². The van der Waals surface area contributed by atoms with Gasteiger partial charge < -0.3 is 23.8 Å². The molecule has 0 fully saturated rings. The highest BCUT2D eigenvalue weighted by Crippen LogP contribution is 2.56. The molecule has 0 unspecified atom stereocenters. The van der Waals surface area contributed by atoms with Crippen molar-refractivity contribution in [1.29, 1.82) is 0 Å². The number of hydrogen-bond donors (Lipinski definition) is 0. The van der Waals surface area contributed by atoms with Crippen LogP contribution in [0.4, 0.5) is 51.2 Å². The van der Waals surface area contributed by atoms with Crippen LogP contribution in [-0.4, -0.2) is 28.7 Å². The SMILES string of the molecule is c1ccc(-c2ccc(N(c3ccccc3)c3cc4c5c(cn(-c6ccccc6)c5c3)-c3ccccc3-c3ccccc3-4)cc2)cc1.c1ccc(-c2ccc(N(c3ccccc3)c3ccc4c(c3)-c3ccccc3-c3cn(-c5cccc(-c6ccccc6)n5)c5cccc-4c35)cc2)cc1.c1ccc(-c2ccc(N(c3ccccc3)c3ccc4c(c3)-c3ccccc3-c3cn(-c5ncccn5)c5cccc-4c35)cc2)cc1. The van der Waals surface area contributed by atoms with Gasteiger partial charge in [0.2, 0.25) is 5.95 Å². The van der Waals surface area contributed by atoms with Crippen molar-refractivity contribution < 1.29 is 0 Å². The number of fused-ring (bicyclic) bond motifs is 15. The lowest BCUT2D eigenvalue weighted by Gasteiger charge is -2.27. The molecule has 0 saturated heterocycles. The van der Waals surface area contributed by atoms with Crippen LogP contribution in [0.3, 0.4) is 0 Å². The molecule has 676 valence electrons. The second kappa shape index (κ2) is 36.9. The molecule has 0 spiro atoms. The van der Waals surface area contributed by atoms with Crippen molar-refractivity contribution in [3.05, 3.63) is 553 Å². The Morgan fingerprint density at radius 2 is 0.444 bits per heavy atom. The Balaban J connectivity index is 0.000000110. The van der Waals surface area contributed by atoms with Crippen LogP contribution in [0, 0.1) is 0 Å². The van der Waals surface area contributed by atoms with Crippen LogP contribution in [0.15, 0.2) is 553 Å². The first-order valence-corrected chi connectivity index (χ1v) is 49.0. The van der Waals surface area contributed by atoms with E-state index in [1.165, 1.54) is 155 Å². The van der Waals surface area contributed by atoms with Crippen molar-refractivity contribution in [2.75, 3.05) is 14.7 Å². The molecule has 0 bridgehead atoms. The number of nitrogens with zero attached hydrogens (tertiary/aromatic N) is 9. The number of aromatic nitrogens is 6. The molecule has 0 aliphatic heterocycles. The van der Waals surface area contributed by atoms with E-state index in [2.05, 4.69) is 567 Å². The minimum atomic E-state index is 0.668. The molecule has 144 heavy (non-hydrogen) atoms. The first-order valence-electron chi connectivity index (χ1n) is 49.0. The Labute approximate surface area is 836 Å². The number of rotatable bonds is 16. The fourth-order valence-electron chi connectivity index (χ4n) is 21.7. The molecule has 5 heterocycles. The topological polar surface area (TPSA) is 63.2 Å². The van der Waals surface area contributed by atoms with Gasteiger partial charge in [-0.05, 0) is 268 Å². The number of hydrogen-bond acceptors (Lipinski definition) is 6. The Kier molecular flexibility index (Phi) is 21.8. The van der Waals surface area contributed by atoms with Gasteiger partial charge in [0.15, 0.2) is 0 Å². The molecule has 25 aromatic rings. The maximum atomic E-state index is 5.15. The molecule has 9 heteroatoms. The summed E-state index contributed by atoms with van der Waals surface area (Å²) in [6.45, 7) is 0. The molecule has 20 aromatic carbocycles. The third-order valence-corrected chi connectivity index (χ3v) is 28.2. The highest BCUT2D eigenvalue weighted by atomic mass is 15.2.